The zero-order valence-electron chi connectivity index (χ0n) is 16.5. The number of benzene rings is 1. The molecule has 0 radical (unpaired) electrons. The number of amides is 2. The first kappa shape index (κ1) is 19.1. The van der Waals surface area contributed by atoms with E-state index in [9.17, 15) is 14.7 Å². The van der Waals surface area contributed by atoms with Crippen molar-refractivity contribution in [3.05, 3.63) is 42.0 Å². The molecule has 0 spiro atoms. The molecule has 144 valence electrons. The summed E-state index contributed by atoms with van der Waals surface area (Å²) in [5.74, 6) is 0.0480. The van der Waals surface area contributed by atoms with E-state index < -0.39 is 6.09 Å². The second-order valence-electron chi connectivity index (χ2n) is 7.43. The summed E-state index contributed by atoms with van der Waals surface area (Å²) in [6.45, 7) is 7.77. The number of hydrogen-bond acceptors (Lipinski definition) is 3. The van der Waals surface area contributed by atoms with E-state index >= 15 is 0 Å². The Kier molecular flexibility index (Phi) is 4.82. The van der Waals surface area contributed by atoms with Gasteiger partial charge in [-0.1, -0.05) is 0 Å². The Balaban J connectivity index is 2.22. The zero-order chi connectivity index (χ0) is 19.9. The van der Waals surface area contributed by atoms with E-state index in [0.717, 1.165) is 22.6 Å². The molecule has 3 atom stereocenters. The van der Waals surface area contributed by atoms with Crippen LogP contribution in [0.3, 0.4) is 0 Å². The van der Waals surface area contributed by atoms with Crippen molar-refractivity contribution >= 4 is 17.7 Å². The summed E-state index contributed by atoms with van der Waals surface area (Å²) >= 11 is 0. The van der Waals surface area contributed by atoms with Crippen molar-refractivity contribution in [2.45, 2.75) is 46.2 Å². The summed E-state index contributed by atoms with van der Waals surface area (Å²) < 4.78 is 2.09. The number of carbonyl (C=O) groups is 2. The Hall–Kier alpha value is -2.67. The maximum absolute atomic E-state index is 12.6. The lowest BCUT2D eigenvalue weighted by Gasteiger charge is -2.45. The third-order valence-corrected chi connectivity index (χ3v) is 5.94. The van der Waals surface area contributed by atoms with Gasteiger partial charge in [0.25, 0.3) is 0 Å². The third-order valence-electron chi connectivity index (χ3n) is 5.94. The first-order chi connectivity index (χ1) is 12.7. The summed E-state index contributed by atoms with van der Waals surface area (Å²) in [5.41, 5.74) is 3.57. The van der Waals surface area contributed by atoms with Crippen molar-refractivity contribution in [3.63, 3.8) is 0 Å². The largest absolute Gasteiger partial charge is 0.465 e. The lowest BCUT2D eigenvalue weighted by molar-refractivity contribution is -0.129. The number of quaternary nitrogens is 1. The molecule has 1 aliphatic rings. The molecule has 2 aromatic rings. The van der Waals surface area contributed by atoms with E-state index in [0.29, 0.717) is 13.0 Å². The molecule has 1 aliphatic heterocycles. The molecule has 0 bridgehead atoms. The summed E-state index contributed by atoms with van der Waals surface area (Å²) in [7, 11) is 1.92. The van der Waals surface area contributed by atoms with E-state index in [-0.39, 0.29) is 22.5 Å². The SMILES string of the molecule is CCN(C(=O)O)[C@@H]1C[C@H](C)[N+](C)(C(C)=O)c2ccc(-n3cnc(C)c3)cc21. The first-order valence-corrected chi connectivity index (χ1v) is 9.22. The van der Waals surface area contributed by atoms with Crippen molar-refractivity contribution in [1.29, 1.82) is 0 Å². The second-order valence-corrected chi connectivity index (χ2v) is 7.43. The molecule has 0 saturated carbocycles. The first-order valence-electron chi connectivity index (χ1n) is 9.22. The topological polar surface area (TPSA) is 75.4 Å². The number of fused-ring (bicyclic) bond motifs is 1. The normalized spacial score (nSPS) is 24.3. The summed E-state index contributed by atoms with van der Waals surface area (Å²) in [6, 6.07) is 5.62. The molecule has 1 unspecified atom stereocenters. The van der Waals surface area contributed by atoms with Crippen LogP contribution in [0.5, 0.6) is 0 Å². The van der Waals surface area contributed by atoms with Gasteiger partial charge >= 0.3 is 12.0 Å². The number of carboxylic acid groups (broad SMARTS) is 1. The van der Waals surface area contributed by atoms with Crippen molar-refractivity contribution in [1.82, 2.24) is 18.9 Å². The van der Waals surface area contributed by atoms with Crippen molar-refractivity contribution in [2.24, 2.45) is 0 Å². The summed E-state index contributed by atoms with van der Waals surface area (Å²) in [5, 5.41) is 9.70. The zero-order valence-corrected chi connectivity index (χ0v) is 16.5. The van der Waals surface area contributed by atoms with Crippen LogP contribution in [0.15, 0.2) is 30.7 Å². The smallest absolute Gasteiger partial charge is 0.407 e. The standard InChI is InChI=1S/C20H26N4O3/c1-6-23(20(26)27)18-9-14(3)24(5,15(4)25)19-8-7-16(10-17(18)19)22-11-13(2)21-12-22/h7-8,10-12,14,18H,6,9H2,1-5H3/p+1/t14-,18+,24?/m0/s1. The fraction of sp³-hybridized carbons (Fsp3) is 0.450. The van der Waals surface area contributed by atoms with Crippen LogP contribution < -0.4 is 4.48 Å². The number of rotatable bonds is 3. The highest BCUT2D eigenvalue weighted by atomic mass is 16.4. The van der Waals surface area contributed by atoms with Crippen LogP contribution >= 0.6 is 0 Å². The molecular formula is C20H27N4O3+. The van der Waals surface area contributed by atoms with Crippen molar-refractivity contribution in [2.75, 3.05) is 13.6 Å². The number of nitrogens with zero attached hydrogens (tertiary/aromatic N) is 4. The van der Waals surface area contributed by atoms with Gasteiger partial charge in [0.05, 0.1) is 38.1 Å². The molecule has 0 aliphatic carbocycles. The highest BCUT2D eigenvalue weighted by Gasteiger charge is 2.47. The van der Waals surface area contributed by atoms with Crippen LogP contribution in [-0.4, -0.2) is 51.2 Å². The Morgan fingerprint density at radius 2 is 2.11 bits per heavy atom. The van der Waals surface area contributed by atoms with Crippen LogP contribution in [0.4, 0.5) is 10.5 Å². The molecule has 7 nitrogen and oxygen atoms in total. The Morgan fingerprint density at radius 3 is 2.63 bits per heavy atom. The highest BCUT2D eigenvalue weighted by molar-refractivity contribution is 5.88. The molecule has 1 aromatic heterocycles. The fourth-order valence-corrected chi connectivity index (χ4v) is 4.12. The van der Waals surface area contributed by atoms with E-state index in [1.54, 1.807) is 13.3 Å². The highest BCUT2D eigenvalue weighted by Crippen LogP contribution is 2.44. The molecule has 2 heterocycles. The number of aryl methyl sites for hydroxylation is 1. The van der Waals surface area contributed by atoms with E-state index in [2.05, 4.69) is 4.98 Å². The molecular weight excluding hydrogens is 344 g/mol. The van der Waals surface area contributed by atoms with E-state index in [1.807, 2.05) is 56.8 Å². The van der Waals surface area contributed by atoms with Gasteiger partial charge in [0.2, 0.25) is 0 Å². The maximum Gasteiger partial charge on any atom is 0.407 e. The summed E-state index contributed by atoms with van der Waals surface area (Å²) in [6.07, 6.45) is 3.32. The number of aromatic nitrogens is 2. The molecule has 1 N–H and O–H groups in total. The molecule has 3 rings (SSSR count). The van der Waals surface area contributed by atoms with Crippen LogP contribution in [0.1, 0.15) is 44.5 Å². The van der Waals surface area contributed by atoms with Gasteiger partial charge in [0.1, 0.15) is 5.69 Å². The van der Waals surface area contributed by atoms with Crippen molar-refractivity contribution < 1.29 is 14.7 Å². The molecule has 0 saturated heterocycles. The molecule has 1 aromatic carbocycles. The summed E-state index contributed by atoms with van der Waals surface area (Å²) in [4.78, 5) is 30.1. The van der Waals surface area contributed by atoms with Gasteiger partial charge in [0.15, 0.2) is 0 Å². The van der Waals surface area contributed by atoms with Gasteiger partial charge in [-0.2, -0.15) is 0 Å². The predicted molar refractivity (Wildman–Crippen MR) is 104 cm³/mol. The molecule has 7 heteroatoms. The van der Waals surface area contributed by atoms with Crippen LogP contribution in [0.2, 0.25) is 0 Å². The van der Waals surface area contributed by atoms with Gasteiger partial charge in [-0.3, -0.25) is 0 Å². The number of carbonyl (C=O) groups excluding carboxylic acids is 1. The quantitative estimate of drug-likeness (QED) is 0.838. The lowest BCUT2D eigenvalue weighted by Crippen LogP contribution is -2.60. The van der Waals surface area contributed by atoms with E-state index in [1.165, 1.54) is 4.90 Å². The minimum absolute atomic E-state index is 0.0188. The van der Waals surface area contributed by atoms with Crippen LogP contribution in [0, 0.1) is 6.92 Å². The molecule has 2 amide bonds. The average molecular weight is 371 g/mol. The van der Waals surface area contributed by atoms with Gasteiger partial charge in [-0.05, 0) is 32.9 Å². The molecule has 27 heavy (non-hydrogen) atoms. The predicted octanol–water partition coefficient (Wildman–Crippen LogP) is 3.50. The lowest BCUT2D eigenvalue weighted by atomic mass is 9.88. The Labute approximate surface area is 159 Å². The Bertz CT molecular complexity index is 891. The van der Waals surface area contributed by atoms with Crippen LogP contribution in [0.25, 0.3) is 5.69 Å². The minimum atomic E-state index is -0.941. The third kappa shape index (κ3) is 3.02. The monoisotopic (exact) mass is 371 g/mol. The number of hydrogen-bond donors (Lipinski definition) is 1. The fourth-order valence-electron chi connectivity index (χ4n) is 4.12. The van der Waals surface area contributed by atoms with Crippen molar-refractivity contribution in [3.8, 4) is 5.69 Å². The maximum atomic E-state index is 12.6. The van der Waals surface area contributed by atoms with Gasteiger partial charge in [0, 0.05) is 36.5 Å². The van der Waals surface area contributed by atoms with Gasteiger partial charge in [-0.25, -0.2) is 19.1 Å². The minimum Gasteiger partial charge on any atom is -0.465 e. The van der Waals surface area contributed by atoms with Gasteiger partial charge < -0.3 is 14.6 Å². The van der Waals surface area contributed by atoms with Crippen LogP contribution in [-0.2, 0) is 4.79 Å². The van der Waals surface area contributed by atoms with E-state index in [4.69, 9.17) is 0 Å². The average Bonchev–Trinajstić information content (AvgIpc) is 3.05. The number of imidazole rings is 1. The molecule has 0 fully saturated rings. The van der Waals surface area contributed by atoms with Gasteiger partial charge in [-0.15, -0.1) is 0 Å². The second kappa shape index (κ2) is 6.81. The Morgan fingerprint density at radius 1 is 1.41 bits per heavy atom.